The van der Waals surface area contributed by atoms with E-state index in [0.29, 0.717) is 16.9 Å². The Hall–Kier alpha value is -2.40. The zero-order valence-electron chi connectivity index (χ0n) is 12.5. The van der Waals surface area contributed by atoms with Gasteiger partial charge >= 0.3 is 0 Å². The smallest absolute Gasteiger partial charge is 0.251 e. The minimum absolute atomic E-state index is 0.0293. The van der Waals surface area contributed by atoms with Gasteiger partial charge in [-0.2, -0.15) is 0 Å². The van der Waals surface area contributed by atoms with Crippen LogP contribution < -0.4 is 10.1 Å². The van der Waals surface area contributed by atoms with E-state index < -0.39 is 17.8 Å². The van der Waals surface area contributed by atoms with Crippen molar-refractivity contribution in [2.24, 2.45) is 0 Å². The number of hydrogen-bond donors (Lipinski definition) is 2. The van der Waals surface area contributed by atoms with Crippen LogP contribution in [0.2, 0.25) is 0 Å². The first-order valence-corrected chi connectivity index (χ1v) is 6.87. The van der Waals surface area contributed by atoms with Crippen LogP contribution >= 0.6 is 0 Å². The molecule has 2 rings (SSSR count). The quantitative estimate of drug-likeness (QED) is 0.892. The summed E-state index contributed by atoms with van der Waals surface area (Å²) in [5, 5.41) is 12.7. The monoisotopic (exact) mass is 303 g/mol. The molecule has 2 N–H and O–H groups in total. The molecule has 0 aromatic heterocycles. The van der Waals surface area contributed by atoms with Gasteiger partial charge in [0.1, 0.15) is 11.6 Å². The highest BCUT2D eigenvalue weighted by atomic mass is 19.1. The van der Waals surface area contributed by atoms with Crippen molar-refractivity contribution in [3.63, 3.8) is 0 Å². The van der Waals surface area contributed by atoms with Crippen molar-refractivity contribution in [2.75, 3.05) is 13.7 Å². The topological polar surface area (TPSA) is 58.6 Å². The van der Waals surface area contributed by atoms with Crippen LogP contribution in [0.4, 0.5) is 4.39 Å². The summed E-state index contributed by atoms with van der Waals surface area (Å²) in [5.74, 6) is -0.258. The lowest BCUT2D eigenvalue weighted by Crippen LogP contribution is -2.28. The number of methoxy groups -OCH3 is 1. The van der Waals surface area contributed by atoms with Crippen molar-refractivity contribution in [1.82, 2.24) is 5.32 Å². The summed E-state index contributed by atoms with van der Waals surface area (Å²) < 4.78 is 18.4. The van der Waals surface area contributed by atoms with E-state index in [1.165, 1.54) is 12.1 Å². The van der Waals surface area contributed by atoms with E-state index in [-0.39, 0.29) is 12.1 Å². The number of hydrogen-bond acceptors (Lipinski definition) is 3. The molecule has 22 heavy (non-hydrogen) atoms. The van der Waals surface area contributed by atoms with Gasteiger partial charge < -0.3 is 15.2 Å². The van der Waals surface area contributed by atoms with Crippen molar-refractivity contribution in [2.45, 2.75) is 13.0 Å². The number of carbonyl (C=O) groups is 1. The third-order valence-corrected chi connectivity index (χ3v) is 3.24. The van der Waals surface area contributed by atoms with Gasteiger partial charge in [-0.05, 0) is 48.4 Å². The molecule has 4 nitrogen and oxygen atoms in total. The maximum absolute atomic E-state index is 13.3. The van der Waals surface area contributed by atoms with Gasteiger partial charge in [-0.15, -0.1) is 0 Å². The Morgan fingerprint density at radius 1 is 1.32 bits per heavy atom. The summed E-state index contributed by atoms with van der Waals surface area (Å²) in [6.45, 7) is 1.74. The van der Waals surface area contributed by atoms with Gasteiger partial charge in [-0.3, -0.25) is 4.79 Å². The van der Waals surface area contributed by atoms with Crippen molar-refractivity contribution in [3.8, 4) is 5.75 Å². The van der Waals surface area contributed by atoms with Crippen LogP contribution in [0.25, 0.3) is 0 Å². The van der Waals surface area contributed by atoms with Gasteiger partial charge in [0.15, 0.2) is 0 Å². The molecule has 0 bridgehead atoms. The zero-order valence-corrected chi connectivity index (χ0v) is 12.5. The van der Waals surface area contributed by atoms with Crippen molar-refractivity contribution in [1.29, 1.82) is 0 Å². The second-order valence-electron chi connectivity index (χ2n) is 5.02. The minimum atomic E-state index is -0.867. The average molecular weight is 303 g/mol. The molecule has 116 valence electrons. The van der Waals surface area contributed by atoms with Crippen LogP contribution in [0.1, 0.15) is 27.6 Å². The zero-order chi connectivity index (χ0) is 16.1. The fraction of sp³-hybridized carbons (Fsp3) is 0.235. The molecule has 0 heterocycles. The summed E-state index contributed by atoms with van der Waals surface area (Å²) >= 11 is 0. The normalized spacial score (nSPS) is 11.8. The number of aryl methyl sites for hydroxylation is 1. The number of aliphatic hydroxyl groups excluding tert-OH is 1. The molecule has 0 aliphatic rings. The van der Waals surface area contributed by atoms with E-state index in [4.69, 9.17) is 4.74 Å². The molecule has 1 atom stereocenters. The molecule has 0 aliphatic carbocycles. The second-order valence-corrected chi connectivity index (χ2v) is 5.02. The summed E-state index contributed by atoms with van der Waals surface area (Å²) in [6.07, 6.45) is -0.867. The van der Waals surface area contributed by atoms with Crippen LogP contribution in [-0.4, -0.2) is 24.7 Å². The number of halogens is 1. The highest BCUT2D eigenvalue weighted by Gasteiger charge is 2.12. The molecule has 1 amide bonds. The molecule has 0 saturated carbocycles. The lowest BCUT2D eigenvalue weighted by Gasteiger charge is -2.13. The number of ether oxygens (including phenoxy) is 1. The van der Waals surface area contributed by atoms with Gasteiger partial charge in [0.05, 0.1) is 13.2 Å². The number of nitrogens with one attached hydrogen (secondary N) is 1. The molecule has 0 aliphatic heterocycles. The summed E-state index contributed by atoms with van der Waals surface area (Å²) in [7, 11) is 1.54. The van der Waals surface area contributed by atoms with E-state index in [2.05, 4.69) is 5.32 Å². The Labute approximate surface area is 128 Å². The molecular weight excluding hydrogens is 285 g/mol. The standard InChI is InChI=1S/C17H18FNO3/c1-11-6-13(8-14(18)7-11)17(21)19-10-16(20)12-4-3-5-15(9-12)22-2/h3-9,16,20H,10H2,1-2H3,(H,19,21). The summed E-state index contributed by atoms with van der Waals surface area (Å²) in [5.41, 5.74) is 1.53. The Morgan fingerprint density at radius 2 is 2.09 bits per heavy atom. The first-order chi connectivity index (χ1) is 10.5. The number of rotatable bonds is 5. The number of carbonyl (C=O) groups excluding carboxylic acids is 1. The Bertz CT molecular complexity index is 652. The van der Waals surface area contributed by atoms with Gasteiger partial charge in [-0.1, -0.05) is 12.1 Å². The molecule has 1 unspecified atom stereocenters. The van der Waals surface area contributed by atoms with E-state index in [1.54, 1.807) is 44.4 Å². The molecule has 0 saturated heterocycles. The number of amides is 1. The van der Waals surface area contributed by atoms with Crippen LogP contribution in [0, 0.1) is 12.7 Å². The maximum atomic E-state index is 13.3. The molecule has 2 aromatic rings. The fourth-order valence-corrected chi connectivity index (χ4v) is 2.13. The van der Waals surface area contributed by atoms with Crippen LogP contribution in [0.3, 0.4) is 0 Å². The number of benzene rings is 2. The van der Waals surface area contributed by atoms with Crippen LogP contribution in [-0.2, 0) is 0 Å². The number of aliphatic hydroxyl groups is 1. The van der Waals surface area contributed by atoms with Crippen molar-refractivity contribution in [3.05, 3.63) is 65.0 Å². The fourth-order valence-electron chi connectivity index (χ4n) is 2.13. The van der Waals surface area contributed by atoms with Gasteiger partial charge in [0.25, 0.3) is 5.91 Å². The van der Waals surface area contributed by atoms with Crippen molar-refractivity contribution >= 4 is 5.91 Å². The Balaban J connectivity index is 2.00. The van der Waals surface area contributed by atoms with Crippen LogP contribution in [0.5, 0.6) is 5.75 Å². The third-order valence-electron chi connectivity index (χ3n) is 3.24. The largest absolute Gasteiger partial charge is 0.497 e. The predicted octanol–water partition coefficient (Wildman–Crippen LogP) is 2.61. The first-order valence-electron chi connectivity index (χ1n) is 6.87. The lowest BCUT2D eigenvalue weighted by atomic mass is 10.1. The van der Waals surface area contributed by atoms with Gasteiger partial charge in [0.2, 0.25) is 0 Å². The molecular formula is C17H18FNO3. The highest BCUT2D eigenvalue weighted by Crippen LogP contribution is 2.18. The molecule has 0 fully saturated rings. The highest BCUT2D eigenvalue weighted by molar-refractivity contribution is 5.94. The van der Waals surface area contributed by atoms with Crippen molar-refractivity contribution < 1.29 is 19.0 Å². The van der Waals surface area contributed by atoms with Crippen LogP contribution in [0.15, 0.2) is 42.5 Å². The van der Waals surface area contributed by atoms with E-state index in [1.807, 2.05) is 0 Å². The summed E-state index contributed by atoms with van der Waals surface area (Å²) in [6, 6.07) is 11.1. The molecule has 2 aromatic carbocycles. The minimum Gasteiger partial charge on any atom is -0.497 e. The lowest BCUT2D eigenvalue weighted by molar-refractivity contribution is 0.0915. The average Bonchev–Trinajstić information content (AvgIpc) is 2.51. The Kier molecular flexibility index (Phi) is 5.12. The van der Waals surface area contributed by atoms with Gasteiger partial charge in [0, 0.05) is 12.1 Å². The van der Waals surface area contributed by atoms with E-state index >= 15 is 0 Å². The maximum Gasteiger partial charge on any atom is 0.251 e. The SMILES string of the molecule is COc1cccc(C(O)CNC(=O)c2cc(C)cc(F)c2)c1. The molecule has 5 heteroatoms. The molecule has 0 spiro atoms. The Morgan fingerprint density at radius 3 is 2.77 bits per heavy atom. The van der Waals surface area contributed by atoms with E-state index in [0.717, 1.165) is 0 Å². The predicted molar refractivity (Wildman–Crippen MR) is 81.4 cm³/mol. The van der Waals surface area contributed by atoms with Gasteiger partial charge in [-0.25, -0.2) is 4.39 Å². The molecule has 0 radical (unpaired) electrons. The summed E-state index contributed by atoms with van der Waals surface area (Å²) in [4.78, 5) is 12.0. The first kappa shape index (κ1) is 16.0. The second kappa shape index (κ2) is 7.04. The third kappa shape index (κ3) is 4.05. The van der Waals surface area contributed by atoms with E-state index in [9.17, 15) is 14.3 Å².